The highest BCUT2D eigenvalue weighted by Gasteiger charge is 2.14. The fourth-order valence-corrected chi connectivity index (χ4v) is 1.79. The third-order valence-corrected chi connectivity index (χ3v) is 2.78. The number of hydrogen-bond acceptors (Lipinski definition) is 4. The van der Waals surface area contributed by atoms with Crippen LogP contribution in [-0.2, 0) is 0 Å². The Morgan fingerprint density at radius 3 is 2.32 bits per heavy atom. The Bertz CT molecular complexity index is 621. The number of para-hydroxylation sites is 1. The summed E-state index contributed by atoms with van der Waals surface area (Å²) in [6, 6.07) is 12.7. The van der Waals surface area contributed by atoms with Crippen molar-refractivity contribution in [2.45, 2.75) is 0 Å². The summed E-state index contributed by atoms with van der Waals surface area (Å²) in [6.07, 6.45) is 0. The summed E-state index contributed by atoms with van der Waals surface area (Å²) < 4.78 is 0. The molecule has 0 heterocycles. The second-order valence-electron chi connectivity index (χ2n) is 3.93. The molecule has 2 aromatic carbocycles. The summed E-state index contributed by atoms with van der Waals surface area (Å²) in [5.41, 5.74) is 1.66. The van der Waals surface area contributed by atoms with Gasteiger partial charge in [-0.2, -0.15) is 0 Å². The van der Waals surface area contributed by atoms with Crippen LogP contribution in [0.3, 0.4) is 0 Å². The molecule has 0 saturated carbocycles. The SMILES string of the molecule is CNc1ccccc1C(=O)c1ccc([N+](=O)[O-])cc1. The van der Waals surface area contributed by atoms with Crippen LogP contribution in [-0.4, -0.2) is 17.8 Å². The Morgan fingerprint density at radius 2 is 1.74 bits per heavy atom. The van der Waals surface area contributed by atoms with Gasteiger partial charge < -0.3 is 5.32 Å². The zero-order valence-electron chi connectivity index (χ0n) is 10.3. The number of nitrogens with zero attached hydrogens (tertiary/aromatic N) is 1. The first-order valence-electron chi connectivity index (χ1n) is 5.69. The Morgan fingerprint density at radius 1 is 1.11 bits per heavy atom. The van der Waals surface area contributed by atoms with Crippen LogP contribution in [0.15, 0.2) is 48.5 Å². The number of non-ortho nitro benzene ring substituents is 1. The molecular weight excluding hydrogens is 244 g/mol. The van der Waals surface area contributed by atoms with Gasteiger partial charge in [-0.25, -0.2) is 0 Å². The van der Waals surface area contributed by atoms with E-state index in [1.165, 1.54) is 24.3 Å². The van der Waals surface area contributed by atoms with Gasteiger partial charge in [-0.15, -0.1) is 0 Å². The van der Waals surface area contributed by atoms with Crippen molar-refractivity contribution in [3.63, 3.8) is 0 Å². The van der Waals surface area contributed by atoms with Crippen molar-refractivity contribution in [3.8, 4) is 0 Å². The third kappa shape index (κ3) is 2.60. The number of rotatable bonds is 4. The van der Waals surface area contributed by atoms with Gasteiger partial charge in [0.25, 0.3) is 5.69 Å². The molecule has 0 fully saturated rings. The van der Waals surface area contributed by atoms with Crippen LogP contribution in [0.4, 0.5) is 11.4 Å². The highest BCUT2D eigenvalue weighted by atomic mass is 16.6. The van der Waals surface area contributed by atoms with Crippen LogP contribution in [0.5, 0.6) is 0 Å². The molecule has 96 valence electrons. The third-order valence-electron chi connectivity index (χ3n) is 2.78. The first kappa shape index (κ1) is 12.8. The van der Waals surface area contributed by atoms with E-state index in [0.29, 0.717) is 11.1 Å². The van der Waals surface area contributed by atoms with Gasteiger partial charge in [-0.3, -0.25) is 14.9 Å². The quantitative estimate of drug-likeness (QED) is 0.518. The number of carbonyl (C=O) groups is 1. The van der Waals surface area contributed by atoms with E-state index in [-0.39, 0.29) is 11.5 Å². The number of ketones is 1. The molecule has 0 amide bonds. The zero-order valence-corrected chi connectivity index (χ0v) is 10.3. The monoisotopic (exact) mass is 256 g/mol. The molecule has 1 N–H and O–H groups in total. The van der Waals surface area contributed by atoms with Crippen molar-refractivity contribution < 1.29 is 9.72 Å². The maximum absolute atomic E-state index is 12.3. The normalized spacial score (nSPS) is 9.95. The minimum absolute atomic E-state index is 0.0292. The van der Waals surface area contributed by atoms with E-state index < -0.39 is 4.92 Å². The van der Waals surface area contributed by atoms with Gasteiger partial charge >= 0.3 is 0 Å². The topological polar surface area (TPSA) is 72.2 Å². The number of benzene rings is 2. The molecule has 0 unspecified atom stereocenters. The largest absolute Gasteiger partial charge is 0.388 e. The van der Waals surface area contributed by atoms with Crippen LogP contribution in [0.25, 0.3) is 0 Å². The Kier molecular flexibility index (Phi) is 3.56. The summed E-state index contributed by atoms with van der Waals surface area (Å²) in [5.74, 6) is -0.167. The predicted octanol–water partition coefficient (Wildman–Crippen LogP) is 2.87. The maximum Gasteiger partial charge on any atom is 0.269 e. The van der Waals surface area contributed by atoms with Crippen LogP contribution in [0.2, 0.25) is 0 Å². The molecule has 0 radical (unpaired) electrons. The van der Waals surface area contributed by atoms with E-state index in [2.05, 4.69) is 5.32 Å². The second kappa shape index (κ2) is 5.30. The lowest BCUT2D eigenvalue weighted by atomic mass is 10.0. The highest BCUT2D eigenvalue weighted by molar-refractivity contribution is 6.12. The fraction of sp³-hybridized carbons (Fsp3) is 0.0714. The van der Waals surface area contributed by atoms with E-state index in [1.807, 2.05) is 6.07 Å². The van der Waals surface area contributed by atoms with Gasteiger partial charge in [0.05, 0.1) is 4.92 Å². The number of nitrogens with one attached hydrogen (secondary N) is 1. The van der Waals surface area contributed by atoms with Gasteiger partial charge in [0.1, 0.15) is 0 Å². The summed E-state index contributed by atoms with van der Waals surface area (Å²) in [6.45, 7) is 0. The lowest BCUT2D eigenvalue weighted by Gasteiger charge is -2.07. The number of anilines is 1. The van der Waals surface area contributed by atoms with Crippen LogP contribution < -0.4 is 5.32 Å². The standard InChI is InChI=1S/C14H12N2O3/c1-15-13-5-3-2-4-12(13)14(17)10-6-8-11(9-7-10)16(18)19/h2-9,15H,1H3. The lowest BCUT2D eigenvalue weighted by Crippen LogP contribution is -2.05. The molecule has 5 nitrogen and oxygen atoms in total. The van der Waals surface area contributed by atoms with Gasteiger partial charge in [-0.05, 0) is 24.3 Å². The maximum atomic E-state index is 12.3. The average Bonchev–Trinajstić information content (AvgIpc) is 2.46. The fourth-order valence-electron chi connectivity index (χ4n) is 1.79. The molecule has 5 heteroatoms. The van der Waals surface area contributed by atoms with Crippen LogP contribution >= 0.6 is 0 Å². The lowest BCUT2D eigenvalue weighted by molar-refractivity contribution is -0.384. The van der Waals surface area contributed by atoms with Crippen molar-refractivity contribution >= 4 is 17.2 Å². The summed E-state index contributed by atoms with van der Waals surface area (Å²) in [4.78, 5) is 22.4. The molecule has 0 aliphatic heterocycles. The van der Waals surface area contributed by atoms with E-state index >= 15 is 0 Å². The van der Waals surface area contributed by atoms with Crippen molar-refractivity contribution in [1.82, 2.24) is 0 Å². The summed E-state index contributed by atoms with van der Waals surface area (Å²) in [5, 5.41) is 13.5. The van der Waals surface area contributed by atoms with Gasteiger partial charge in [0.15, 0.2) is 5.78 Å². The van der Waals surface area contributed by atoms with Crippen molar-refractivity contribution in [2.24, 2.45) is 0 Å². The number of nitro groups is 1. The molecule has 0 aromatic heterocycles. The van der Waals surface area contributed by atoms with E-state index in [0.717, 1.165) is 5.69 Å². The molecule has 0 aliphatic rings. The van der Waals surface area contributed by atoms with E-state index in [9.17, 15) is 14.9 Å². The van der Waals surface area contributed by atoms with Gasteiger partial charge in [0.2, 0.25) is 0 Å². The predicted molar refractivity (Wildman–Crippen MR) is 72.5 cm³/mol. The number of hydrogen-bond donors (Lipinski definition) is 1. The second-order valence-corrected chi connectivity index (χ2v) is 3.93. The van der Waals surface area contributed by atoms with Crippen molar-refractivity contribution in [1.29, 1.82) is 0 Å². The molecule has 2 rings (SSSR count). The zero-order chi connectivity index (χ0) is 13.8. The Labute approximate surface area is 110 Å². The smallest absolute Gasteiger partial charge is 0.269 e. The molecule has 0 saturated heterocycles. The molecular formula is C14H12N2O3. The average molecular weight is 256 g/mol. The van der Waals surface area contributed by atoms with Crippen molar-refractivity contribution in [2.75, 3.05) is 12.4 Å². The van der Waals surface area contributed by atoms with E-state index in [1.54, 1.807) is 25.2 Å². The Hall–Kier alpha value is -2.69. The minimum Gasteiger partial charge on any atom is -0.388 e. The Balaban J connectivity index is 2.36. The van der Waals surface area contributed by atoms with Crippen LogP contribution in [0.1, 0.15) is 15.9 Å². The highest BCUT2D eigenvalue weighted by Crippen LogP contribution is 2.20. The molecule has 2 aromatic rings. The molecule has 0 atom stereocenters. The van der Waals surface area contributed by atoms with Gasteiger partial charge in [-0.1, -0.05) is 12.1 Å². The minimum atomic E-state index is -0.490. The summed E-state index contributed by atoms with van der Waals surface area (Å²) >= 11 is 0. The van der Waals surface area contributed by atoms with Gasteiger partial charge in [0, 0.05) is 36.0 Å². The summed E-state index contributed by atoms with van der Waals surface area (Å²) in [7, 11) is 1.74. The number of nitro benzene ring substituents is 1. The van der Waals surface area contributed by atoms with Crippen molar-refractivity contribution in [3.05, 3.63) is 69.8 Å². The number of carbonyl (C=O) groups excluding carboxylic acids is 1. The molecule has 0 spiro atoms. The van der Waals surface area contributed by atoms with Crippen LogP contribution in [0, 0.1) is 10.1 Å². The van der Waals surface area contributed by atoms with E-state index in [4.69, 9.17) is 0 Å². The molecule has 0 bridgehead atoms. The molecule has 19 heavy (non-hydrogen) atoms. The molecule has 0 aliphatic carbocycles. The first-order chi connectivity index (χ1) is 9.13. The first-order valence-corrected chi connectivity index (χ1v) is 5.69.